The quantitative estimate of drug-likeness (QED) is 0.793. The van der Waals surface area contributed by atoms with E-state index in [0.717, 1.165) is 5.56 Å². The number of aliphatic carboxylic acids is 1. The van der Waals surface area contributed by atoms with E-state index in [-0.39, 0.29) is 5.92 Å². The van der Waals surface area contributed by atoms with Crippen molar-refractivity contribution in [2.24, 2.45) is 5.92 Å². The molecular weight excluding hydrogens is 278 g/mol. The van der Waals surface area contributed by atoms with Crippen LogP contribution in [0.3, 0.4) is 0 Å². The van der Waals surface area contributed by atoms with E-state index in [2.05, 4.69) is 5.32 Å². The van der Waals surface area contributed by atoms with Crippen molar-refractivity contribution in [2.75, 3.05) is 0 Å². The molecule has 4 nitrogen and oxygen atoms in total. The first-order valence-electron chi connectivity index (χ1n) is 6.35. The van der Waals surface area contributed by atoms with E-state index in [1.807, 2.05) is 13.8 Å². The van der Waals surface area contributed by atoms with Gasteiger partial charge in [-0.2, -0.15) is 0 Å². The van der Waals surface area contributed by atoms with Crippen molar-refractivity contribution in [2.45, 2.75) is 26.3 Å². The fraction of sp³-hybridized carbons (Fsp3) is 0.333. The Morgan fingerprint density at radius 1 is 1.40 bits per heavy atom. The Morgan fingerprint density at radius 2 is 2.10 bits per heavy atom. The van der Waals surface area contributed by atoms with E-state index in [0.29, 0.717) is 11.4 Å². The third-order valence-electron chi connectivity index (χ3n) is 2.60. The highest BCUT2D eigenvalue weighted by molar-refractivity contribution is 6.30. The Hall–Kier alpha value is -1.81. The van der Waals surface area contributed by atoms with Gasteiger partial charge in [0.25, 0.3) is 0 Å². The number of benzene rings is 1. The lowest BCUT2D eigenvalue weighted by atomic mass is 10.0. The lowest BCUT2D eigenvalue weighted by molar-refractivity contribution is -0.141. The summed E-state index contributed by atoms with van der Waals surface area (Å²) in [5, 5.41) is 12.1. The Bertz CT molecular complexity index is 512. The van der Waals surface area contributed by atoms with Gasteiger partial charge in [0.2, 0.25) is 5.91 Å². The molecule has 108 valence electrons. The van der Waals surface area contributed by atoms with Gasteiger partial charge >= 0.3 is 5.97 Å². The van der Waals surface area contributed by atoms with E-state index in [9.17, 15) is 9.59 Å². The molecular formula is C15H18ClNO3. The zero-order valence-corrected chi connectivity index (χ0v) is 12.2. The Labute approximate surface area is 123 Å². The van der Waals surface area contributed by atoms with Crippen molar-refractivity contribution in [3.8, 4) is 0 Å². The summed E-state index contributed by atoms with van der Waals surface area (Å²) in [6.07, 6.45) is 3.30. The SMILES string of the molecule is CC(C)C[C@H](NC(=O)/C=C/c1cccc(Cl)c1)C(=O)O. The maximum Gasteiger partial charge on any atom is 0.326 e. The molecule has 0 bridgehead atoms. The van der Waals surface area contributed by atoms with Crippen LogP contribution in [0.1, 0.15) is 25.8 Å². The molecule has 0 unspecified atom stereocenters. The van der Waals surface area contributed by atoms with Gasteiger partial charge in [-0.05, 0) is 36.1 Å². The molecule has 0 spiro atoms. The third kappa shape index (κ3) is 5.89. The molecule has 0 aliphatic carbocycles. The van der Waals surface area contributed by atoms with Gasteiger partial charge in [-0.3, -0.25) is 4.79 Å². The minimum Gasteiger partial charge on any atom is -0.480 e. The summed E-state index contributed by atoms with van der Waals surface area (Å²) in [5.74, 6) is -1.27. The van der Waals surface area contributed by atoms with Crippen molar-refractivity contribution in [3.63, 3.8) is 0 Å². The number of amides is 1. The molecule has 0 saturated carbocycles. The van der Waals surface area contributed by atoms with Crippen LogP contribution in [0, 0.1) is 5.92 Å². The summed E-state index contributed by atoms with van der Waals surface area (Å²) in [4.78, 5) is 22.7. The molecule has 1 atom stereocenters. The third-order valence-corrected chi connectivity index (χ3v) is 2.83. The predicted octanol–water partition coefficient (Wildman–Crippen LogP) is 2.97. The molecule has 0 aromatic heterocycles. The number of carbonyl (C=O) groups excluding carboxylic acids is 1. The maximum atomic E-state index is 11.7. The van der Waals surface area contributed by atoms with Crippen molar-refractivity contribution < 1.29 is 14.7 Å². The highest BCUT2D eigenvalue weighted by atomic mass is 35.5. The van der Waals surface area contributed by atoms with E-state index < -0.39 is 17.9 Å². The summed E-state index contributed by atoms with van der Waals surface area (Å²) in [5.41, 5.74) is 0.781. The van der Waals surface area contributed by atoms with Crippen molar-refractivity contribution in [1.82, 2.24) is 5.32 Å². The van der Waals surface area contributed by atoms with Crippen LogP contribution in [0.25, 0.3) is 6.08 Å². The van der Waals surface area contributed by atoms with Gasteiger partial charge in [0, 0.05) is 11.1 Å². The van der Waals surface area contributed by atoms with E-state index >= 15 is 0 Å². The normalized spacial score (nSPS) is 12.6. The monoisotopic (exact) mass is 295 g/mol. The molecule has 0 radical (unpaired) electrons. The molecule has 0 saturated heterocycles. The molecule has 0 heterocycles. The van der Waals surface area contributed by atoms with Crippen molar-refractivity contribution >= 4 is 29.6 Å². The zero-order valence-electron chi connectivity index (χ0n) is 11.5. The number of carboxylic acid groups (broad SMARTS) is 1. The van der Waals surface area contributed by atoms with Crippen molar-refractivity contribution in [1.29, 1.82) is 0 Å². The summed E-state index contributed by atoms with van der Waals surface area (Å²) in [7, 11) is 0. The molecule has 0 aliphatic heterocycles. The van der Waals surface area contributed by atoms with Crippen LogP contribution >= 0.6 is 11.6 Å². The van der Waals surface area contributed by atoms with Gasteiger partial charge in [-0.1, -0.05) is 37.6 Å². The minimum absolute atomic E-state index is 0.188. The number of rotatable bonds is 6. The Morgan fingerprint density at radius 3 is 2.65 bits per heavy atom. The molecule has 5 heteroatoms. The lowest BCUT2D eigenvalue weighted by Gasteiger charge is -2.15. The molecule has 1 amide bonds. The maximum absolute atomic E-state index is 11.7. The van der Waals surface area contributed by atoms with Gasteiger partial charge in [0.1, 0.15) is 6.04 Å². The second-order valence-electron chi connectivity index (χ2n) is 4.92. The molecule has 1 aromatic carbocycles. The smallest absolute Gasteiger partial charge is 0.326 e. The van der Waals surface area contributed by atoms with Crippen LogP contribution in [0.15, 0.2) is 30.3 Å². The van der Waals surface area contributed by atoms with Crippen LogP contribution in [-0.4, -0.2) is 23.0 Å². The highest BCUT2D eigenvalue weighted by Gasteiger charge is 2.19. The van der Waals surface area contributed by atoms with Crippen LogP contribution in [0.4, 0.5) is 0 Å². The van der Waals surface area contributed by atoms with Crippen molar-refractivity contribution in [3.05, 3.63) is 40.9 Å². The number of carboxylic acids is 1. The van der Waals surface area contributed by atoms with Gasteiger partial charge < -0.3 is 10.4 Å². The van der Waals surface area contributed by atoms with E-state index in [1.165, 1.54) is 6.08 Å². The highest BCUT2D eigenvalue weighted by Crippen LogP contribution is 2.11. The number of carbonyl (C=O) groups is 2. The standard InChI is InChI=1S/C15H18ClNO3/c1-10(2)8-13(15(19)20)17-14(18)7-6-11-4-3-5-12(16)9-11/h3-7,9-10,13H,8H2,1-2H3,(H,17,18)(H,19,20)/b7-6+/t13-/m0/s1. The number of halogens is 1. The van der Waals surface area contributed by atoms with Crippen LogP contribution < -0.4 is 5.32 Å². The molecule has 0 fully saturated rings. The molecule has 0 aliphatic rings. The second-order valence-corrected chi connectivity index (χ2v) is 5.35. The Kier molecular flexibility index (Phi) is 6.25. The fourth-order valence-electron chi connectivity index (χ4n) is 1.69. The average molecular weight is 296 g/mol. The number of hydrogen-bond donors (Lipinski definition) is 2. The first kappa shape index (κ1) is 16.2. The average Bonchev–Trinajstić information content (AvgIpc) is 2.35. The Balaban J connectivity index is 2.63. The molecule has 1 rings (SSSR count). The van der Waals surface area contributed by atoms with Gasteiger partial charge in [-0.15, -0.1) is 0 Å². The minimum atomic E-state index is -1.02. The van der Waals surface area contributed by atoms with Gasteiger partial charge in [0.15, 0.2) is 0 Å². The molecule has 20 heavy (non-hydrogen) atoms. The zero-order chi connectivity index (χ0) is 15.1. The molecule has 1 aromatic rings. The summed E-state index contributed by atoms with van der Waals surface area (Å²) in [6, 6.07) is 6.17. The topological polar surface area (TPSA) is 66.4 Å². The van der Waals surface area contributed by atoms with E-state index in [1.54, 1.807) is 30.3 Å². The van der Waals surface area contributed by atoms with Crippen LogP contribution in [-0.2, 0) is 9.59 Å². The largest absolute Gasteiger partial charge is 0.480 e. The second kappa shape index (κ2) is 7.70. The molecule has 2 N–H and O–H groups in total. The first-order chi connectivity index (χ1) is 9.38. The lowest BCUT2D eigenvalue weighted by Crippen LogP contribution is -2.40. The van der Waals surface area contributed by atoms with Crippen LogP contribution in [0.5, 0.6) is 0 Å². The fourth-order valence-corrected chi connectivity index (χ4v) is 1.89. The predicted molar refractivity (Wildman–Crippen MR) is 79.5 cm³/mol. The summed E-state index contributed by atoms with van der Waals surface area (Å²) in [6.45, 7) is 3.81. The van der Waals surface area contributed by atoms with E-state index in [4.69, 9.17) is 16.7 Å². The summed E-state index contributed by atoms with van der Waals surface area (Å²) < 4.78 is 0. The van der Waals surface area contributed by atoms with Gasteiger partial charge in [0.05, 0.1) is 0 Å². The summed E-state index contributed by atoms with van der Waals surface area (Å²) >= 11 is 5.83. The van der Waals surface area contributed by atoms with Gasteiger partial charge in [-0.25, -0.2) is 4.79 Å². The van der Waals surface area contributed by atoms with Crippen LogP contribution in [0.2, 0.25) is 5.02 Å². The number of nitrogens with one attached hydrogen (secondary N) is 1. The number of hydrogen-bond acceptors (Lipinski definition) is 2. The first-order valence-corrected chi connectivity index (χ1v) is 6.73.